The summed E-state index contributed by atoms with van der Waals surface area (Å²) >= 11 is 0. The molecule has 2 atom stereocenters. The van der Waals surface area contributed by atoms with Crippen molar-refractivity contribution in [3.8, 4) is 0 Å². The van der Waals surface area contributed by atoms with Crippen molar-refractivity contribution in [3.63, 3.8) is 0 Å². The van der Waals surface area contributed by atoms with Crippen molar-refractivity contribution < 1.29 is 4.42 Å². The minimum atomic E-state index is 0.459. The molecular formula is C13H23NO. The van der Waals surface area contributed by atoms with Gasteiger partial charge in [-0.2, -0.15) is 0 Å². The molecule has 1 rings (SSSR count). The number of hydrogen-bond donors (Lipinski definition) is 1. The molecule has 0 fully saturated rings. The zero-order chi connectivity index (χ0) is 11.3. The Hall–Kier alpha value is -0.760. The lowest BCUT2D eigenvalue weighted by Gasteiger charge is -2.08. The molecule has 0 saturated carbocycles. The second-order valence-corrected chi connectivity index (χ2v) is 4.48. The molecule has 0 aliphatic rings. The van der Waals surface area contributed by atoms with E-state index in [1.807, 2.05) is 7.05 Å². The van der Waals surface area contributed by atoms with Gasteiger partial charge in [-0.1, -0.05) is 27.2 Å². The van der Waals surface area contributed by atoms with Gasteiger partial charge in [-0.25, -0.2) is 0 Å². The first-order valence-electron chi connectivity index (χ1n) is 5.90. The number of furan rings is 1. The lowest BCUT2D eigenvalue weighted by atomic mass is 10.0. The summed E-state index contributed by atoms with van der Waals surface area (Å²) in [4.78, 5) is 0. The average molecular weight is 209 g/mol. The minimum absolute atomic E-state index is 0.459. The number of likely N-dealkylation sites (N-methyl/N-ethyl adjacent to an activating group) is 1. The maximum atomic E-state index is 5.83. The van der Waals surface area contributed by atoms with E-state index in [0.717, 1.165) is 24.5 Å². The largest absolute Gasteiger partial charge is 0.466 e. The first-order chi connectivity index (χ1) is 7.17. The summed E-state index contributed by atoms with van der Waals surface area (Å²) in [6.45, 7) is 7.63. The van der Waals surface area contributed by atoms with E-state index in [2.05, 4.69) is 38.2 Å². The van der Waals surface area contributed by atoms with E-state index in [9.17, 15) is 0 Å². The van der Waals surface area contributed by atoms with E-state index in [4.69, 9.17) is 4.42 Å². The van der Waals surface area contributed by atoms with E-state index in [0.29, 0.717) is 11.8 Å². The maximum absolute atomic E-state index is 5.83. The molecule has 0 aromatic carbocycles. The third kappa shape index (κ3) is 3.71. The zero-order valence-corrected chi connectivity index (χ0v) is 10.3. The fourth-order valence-corrected chi connectivity index (χ4v) is 1.66. The molecule has 0 bridgehead atoms. The molecule has 86 valence electrons. The van der Waals surface area contributed by atoms with Gasteiger partial charge < -0.3 is 9.73 Å². The Labute approximate surface area is 93.1 Å². The van der Waals surface area contributed by atoms with Crippen LogP contribution in [0.3, 0.4) is 0 Å². The Kier molecular flexibility index (Phi) is 4.89. The van der Waals surface area contributed by atoms with Crippen LogP contribution in [0.1, 0.15) is 44.6 Å². The van der Waals surface area contributed by atoms with Crippen LogP contribution in [0.25, 0.3) is 0 Å². The Morgan fingerprint density at radius 2 is 2.07 bits per heavy atom. The third-order valence-electron chi connectivity index (χ3n) is 2.93. The van der Waals surface area contributed by atoms with Crippen LogP contribution in [0.15, 0.2) is 16.5 Å². The Bertz CT molecular complexity index is 280. The number of rotatable bonds is 6. The molecule has 0 radical (unpaired) electrons. The Morgan fingerprint density at radius 1 is 1.33 bits per heavy atom. The summed E-state index contributed by atoms with van der Waals surface area (Å²) in [5.41, 5.74) is 0. The van der Waals surface area contributed by atoms with Crippen LogP contribution < -0.4 is 5.32 Å². The van der Waals surface area contributed by atoms with E-state index < -0.39 is 0 Å². The smallest absolute Gasteiger partial charge is 0.108 e. The fourth-order valence-electron chi connectivity index (χ4n) is 1.66. The molecule has 15 heavy (non-hydrogen) atoms. The lowest BCUT2D eigenvalue weighted by molar-refractivity contribution is 0.405. The summed E-state index contributed by atoms with van der Waals surface area (Å²) in [6.07, 6.45) is 2.27. The Morgan fingerprint density at radius 3 is 2.67 bits per heavy atom. The maximum Gasteiger partial charge on any atom is 0.108 e. The van der Waals surface area contributed by atoms with Gasteiger partial charge in [0.05, 0.1) is 0 Å². The molecule has 0 amide bonds. The van der Waals surface area contributed by atoms with Crippen molar-refractivity contribution in [2.24, 2.45) is 5.92 Å². The molecule has 0 saturated heterocycles. The molecule has 1 heterocycles. The summed E-state index contributed by atoms with van der Waals surface area (Å²) in [6, 6.07) is 4.23. The van der Waals surface area contributed by atoms with Gasteiger partial charge in [0.15, 0.2) is 0 Å². The van der Waals surface area contributed by atoms with Crippen LogP contribution in [0.5, 0.6) is 0 Å². The van der Waals surface area contributed by atoms with Gasteiger partial charge in [0.1, 0.15) is 11.5 Å². The highest BCUT2D eigenvalue weighted by atomic mass is 16.3. The van der Waals surface area contributed by atoms with Crippen molar-refractivity contribution in [1.29, 1.82) is 0 Å². The molecule has 1 aromatic rings. The van der Waals surface area contributed by atoms with Crippen molar-refractivity contribution in [2.45, 2.75) is 39.5 Å². The van der Waals surface area contributed by atoms with E-state index in [-0.39, 0.29) is 0 Å². The molecule has 2 heteroatoms. The van der Waals surface area contributed by atoms with Gasteiger partial charge in [-0.15, -0.1) is 0 Å². The monoisotopic (exact) mass is 209 g/mol. The Balaban J connectivity index is 2.55. The van der Waals surface area contributed by atoms with E-state index in [1.54, 1.807) is 0 Å². The molecule has 0 aliphatic heterocycles. The molecule has 2 unspecified atom stereocenters. The van der Waals surface area contributed by atoms with Gasteiger partial charge in [-0.05, 0) is 25.1 Å². The third-order valence-corrected chi connectivity index (χ3v) is 2.93. The number of nitrogens with one attached hydrogen (secondary N) is 1. The normalized spacial score (nSPS) is 15.2. The highest BCUT2D eigenvalue weighted by Crippen LogP contribution is 2.20. The standard InChI is InChI=1S/C13H23NO/c1-5-10(2)8-12-6-7-13(15-12)11(3)9-14-4/h6-7,10-11,14H,5,8-9H2,1-4H3. The van der Waals surface area contributed by atoms with Gasteiger partial charge in [0, 0.05) is 18.9 Å². The topological polar surface area (TPSA) is 25.2 Å². The second kappa shape index (κ2) is 5.96. The summed E-state index contributed by atoms with van der Waals surface area (Å²) < 4.78 is 5.83. The molecule has 1 N–H and O–H groups in total. The number of hydrogen-bond acceptors (Lipinski definition) is 2. The van der Waals surface area contributed by atoms with E-state index >= 15 is 0 Å². The predicted molar refractivity (Wildman–Crippen MR) is 64.2 cm³/mol. The minimum Gasteiger partial charge on any atom is -0.466 e. The van der Waals surface area contributed by atoms with Gasteiger partial charge in [-0.3, -0.25) is 0 Å². The van der Waals surface area contributed by atoms with Crippen LogP contribution in [0.2, 0.25) is 0 Å². The molecular weight excluding hydrogens is 186 g/mol. The summed E-state index contributed by atoms with van der Waals surface area (Å²) in [7, 11) is 1.97. The van der Waals surface area contributed by atoms with Gasteiger partial charge >= 0.3 is 0 Å². The highest BCUT2D eigenvalue weighted by molar-refractivity contribution is 5.11. The van der Waals surface area contributed by atoms with Crippen LogP contribution >= 0.6 is 0 Å². The van der Waals surface area contributed by atoms with Crippen LogP contribution in [0, 0.1) is 5.92 Å². The average Bonchev–Trinajstić information content (AvgIpc) is 2.66. The lowest BCUT2D eigenvalue weighted by Crippen LogP contribution is -2.14. The van der Waals surface area contributed by atoms with Crippen molar-refractivity contribution >= 4 is 0 Å². The van der Waals surface area contributed by atoms with Gasteiger partial charge in [0.25, 0.3) is 0 Å². The summed E-state index contributed by atoms with van der Waals surface area (Å²) in [5.74, 6) is 3.40. The molecule has 0 spiro atoms. The molecule has 2 nitrogen and oxygen atoms in total. The summed E-state index contributed by atoms with van der Waals surface area (Å²) in [5, 5.41) is 3.17. The highest BCUT2D eigenvalue weighted by Gasteiger charge is 2.10. The van der Waals surface area contributed by atoms with Crippen molar-refractivity contribution in [1.82, 2.24) is 5.32 Å². The zero-order valence-electron chi connectivity index (χ0n) is 10.3. The van der Waals surface area contributed by atoms with E-state index in [1.165, 1.54) is 6.42 Å². The first kappa shape index (κ1) is 12.3. The van der Waals surface area contributed by atoms with Crippen LogP contribution in [-0.2, 0) is 6.42 Å². The SMILES string of the molecule is CCC(C)Cc1ccc(C(C)CNC)o1. The van der Waals surface area contributed by atoms with Crippen molar-refractivity contribution in [2.75, 3.05) is 13.6 Å². The predicted octanol–water partition coefficient (Wildman–Crippen LogP) is 3.19. The van der Waals surface area contributed by atoms with Crippen LogP contribution in [0.4, 0.5) is 0 Å². The second-order valence-electron chi connectivity index (χ2n) is 4.48. The quantitative estimate of drug-likeness (QED) is 0.778. The molecule has 1 aromatic heterocycles. The van der Waals surface area contributed by atoms with Crippen molar-refractivity contribution in [3.05, 3.63) is 23.7 Å². The fraction of sp³-hybridized carbons (Fsp3) is 0.692. The molecule has 0 aliphatic carbocycles. The van der Waals surface area contributed by atoms with Crippen LogP contribution in [-0.4, -0.2) is 13.6 Å². The first-order valence-corrected chi connectivity index (χ1v) is 5.90. The van der Waals surface area contributed by atoms with Gasteiger partial charge in [0.2, 0.25) is 0 Å².